The molecule has 0 spiro atoms. The molecular formula is C58H36N4S. The number of fused-ring (bicyclic) bond motifs is 11. The molecule has 63 heavy (non-hydrogen) atoms. The summed E-state index contributed by atoms with van der Waals surface area (Å²) in [7, 11) is 0. The van der Waals surface area contributed by atoms with Gasteiger partial charge >= 0.3 is 0 Å². The lowest BCUT2D eigenvalue weighted by molar-refractivity contribution is 0.768. The number of aromatic nitrogens is 3. The van der Waals surface area contributed by atoms with E-state index in [1.54, 1.807) is 11.8 Å². The Balaban J connectivity index is 1.08. The van der Waals surface area contributed by atoms with E-state index >= 15 is 0 Å². The van der Waals surface area contributed by atoms with E-state index < -0.39 is 5.41 Å². The Labute approximate surface area is 369 Å². The van der Waals surface area contributed by atoms with Gasteiger partial charge in [-0.3, -0.25) is 4.90 Å². The maximum atomic E-state index is 5.47. The van der Waals surface area contributed by atoms with Crippen LogP contribution in [0.2, 0.25) is 0 Å². The van der Waals surface area contributed by atoms with Crippen molar-refractivity contribution >= 4 is 61.4 Å². The fourth-order valence-corrected chi connectivity index (χ4v) is 11.3. The van der Waals surface area contributed by atoms with Crippen molar-refractivity contribution in [3.63, 3.8) is 0 Å². The summed E-state index contributed by atoms with van der Waals surface area (Å²) >= 11 is 1.78. The van der Waals surface area contributed by atoms with Gasteiger partial charge in [-0.15, -0.1) is 0 Å². The Kier molecular flexibility index (Phi) is 8.02. The van der Waals surface area contributed by atoms with Gasteiger partial charge in [0.15, 0.2) is 11.6 Å². The maximum absolute atomic E-state index is 5.47. The molecule has 0 saturated carbocycles. The molecule has 2 heterocycles. The number of nitrogens with zero attached hydrogens (tertiary/aromatic N) is 4. The average Bonchev–Trinajstić information content (AvgIpc) is 3.66. The van der Waals surface area contributed by atoms with Crippen molar-refractivity contribution in [1.82, 2.24) is 15.0 Å². The number of hydrogen-bond donors (Lipinski definition) is 0. The van der Waals surface area contributed by atoms with E-state index in [2.05, 4.69) is 223 Å². The molecule has 0 unspecified atom stereocenters. The van der Waals surface area contributed by atoms with Gasteiger partial charge in [0.05, 0.1) is 16.8 Å². The van der Waals surface area contributed by atoms with Crippen LogP contribution >= 0.6 is 11.8 Å². The number of para-hydroxylation sites is 2. The minimum atomic E-state index is -0.562. The van der Waals surface area contributed by atoms with E-state index in [0.717, 1.165) is 32.3 Å². The Morgan fingerprint density at radius 2 is 0.810 bits per heavy atom. The zero-order valence-corrected chi connectivity index (χ0v) is 34.8. The van der Waals surface area contributed by atoms with Crippen molar-refractivity contribution in [3.8, 4) is 33.9 Å². The highest BCUT2D eigenvalue weighted by Crippen LogP contribution is 2.57. The van der Waals surface area contributed by atoms with Crippen molar-refractivity contribution in [3.05, 3.63) is 241 Å². The fraction of sp³-hybridized carbons (Fsp3) is 0.0172. The van der Waals surface area contributed by atoms with E-state index in [-0.39, 0.29) is 0 Å². The minimum absolute atomic E-state index is 0.562. The standard InChI is InChI=1S/C58H36N4S/c1-3-17-39(18-4-1)58(40-19-5-2-6-20-40)49-26-12-11-25-46(49)47-34-32-38(36-50(47)58)56-59-55(60-57(61-56)62-51-27-13-15-29-53(51)63-54-30-16-14-28-52(54)62)37-31-33-45-43-23-8-7-21-41(43)42-22-9-10-24-44(42)48(45)35-37/h1-36H. The van der Waals surface area contributed by atoms with E-state index in [4.69, 9.17) is 15.0 Å². The minimum Gasteiger partial charge on any atom is -0.277 e. The molecule has 10 aromatic carbocycles. The van der Waals surface area contributed by atoms with E-state index in [1.165, 1.54) is 65.7 Å². The van der Waals surface area contributed by atoms with Crippen molar-refractivity contribution in [2.75, 3.05) is 4.90 Å². The van der Waals surface area contributed by atoms with Gasteiger partial charge in [0.25, 0.3) is 0 Å². The van der Waals surface area contributed by atoms with Crippen LogP contribution in [0.4, 0.5) is 17.3 Å². The average molecular weight is 821 g/mol. The molecule has 0 fully saturated rings. The van der Waals surface area contributed by atoms with Crippen LogP contribution in [0.5, 0.6) is 0 Å². The van der Waals surface area contributed by atoms with Gasteiger partial charge in [0.1, 0.15) is 0 Å². The molecular weight excluding hydrogens is 785 g/mol. The zero-order chi connectivity index (χ0) is 41.5. The molecule has 11 aromatic rings. The van der Waals surface area contributed by atoms with Gasteiger partial charge in [-0.05, 0) is 102 Å². The molecule has 294 valence electrons. The van der Waals surface area contributed by atoms with Gasteiger partial charge in [0.2, 0.25) is 5.95 Å². The van der Waals surface area contributed by atoms with Crippen LogP contribution in [0, 0.1) is 0 Å². The normalized spacial score (nSPS) is 13.4. The predicted molar refractivity (Wildman–Crippen MR) is 259 cm³/mol. The maximum Gasteiger partial charge on any atom is 0.238 e. The SMILES string of the molecule is c1ccc(C2(c3ccccc3)c3ccccc3-c3ccc(-c4nc(-c5ccc6c7ccccc7c7ccccc7c6c5)nc(N5c6ccccc6Sc6ccccc65)n4)cc32)cc1. The first-order chi connectivity index (χ1) is 31.2. The molecule has 2 aliphatic rings. The lowest BCUT2D eigenvalue weighted by Gasteiger charge is -2.34. The molecule has 0 saturated heterocycles. The predicted octanol–water partition coefficient (Wildman–Crippen LogP) is 15.0. The fourth-order valence-electron chi connectivity index (χ4n) is 10.3. The highest BCUT2D eigenvalue weighted by molar-refractivity contribution is 7.99. The Morgan fingerprint density at radius 1 is 0.349 bits per heavy atom. The number of anilines is 3. The van der Waals surface area contributed by atoms with Gasteiger partial charge in [0, 0.05) is 20.9 Å². The van der Waals surface area contributed by atoms with Crippen molar-refractivity contribution in [2.45, 2.75) is 15.2 Å². The summed E-state index contributed by atoms with van der Waals surface area (Å²) in [5.74, 6) is 1.80. The van der Waals surface area contributed by atoms with Crippen molar-refractivity contribution in [2.24, 2.45) is 0 Å². The second kappa shape index (κ2) is 14.1. The molecule has 0 radical (unpaired) electrons. The summed E-state index contributed by atoms with van der Waals surface area (Å²) in [5, 5.41) is 7.28. The second-order valence-electron chi connectivity index (χ2n) is 16.3. The van der Waals surface area contributed by atoms with Crippen LogP contribution in [0.15, 0.2) is 228 Å². The number of benzene rings is 10. The molecule has 0 atom stereocenters. The Hall–Kier alpha value is -7.86. The van der Waals surface area contributed by atoms with Crippen LogP contribution in [-0.2, 0) is 5.41 Å². The molecule has 1 aromatic heterocycles. The first-order valence-electron chi connectivity index (χ1n) is 21.4. The number of rotatable bonds is 5. The van der Waals surface area contributed by atoms with E-state index in [9.17, 15) is 0 Å². The Bertz CT molecular complexity index is 3500. The molecule has 1 aliphatic carbocycles. The smallest absolute Gasteiger partial charge is 0.238 e. The molecule has 5 heteroatoms. The summed E-state index contributed by atoms with van der Waals surface area (Å²) in [6.45, 7) is 0. The summed E-state index contributed by atoms with van der Waals surface area (Å²) in [6, 6.07) is 78.7. The third-order valence-electron chi connectivity index (χ3n) is 13.0. The highest BCUT2D eigenvalue weighted by Gasteiger charge is 2.46. The molecule has 0 bridgehead atoms. The highest BCUT2D eigenvalue weighted by atomic mass is 32.2. The second-order valence-corrected chi connectivity index (χ2v) is 17.4. The third kappa shape index (κ3) is 5.40. The van der Waals surface area contributed by atoms with Crippen LogP contribution in [0.25, 0.3) is 66.2 Å². The largest absolute Gasteiger partial charge is 0.277 e. The van der Waals surface area contributed by atoms with E-state index in [1.807, 2.05) is 0 Å². The van der Waals surface area contributed by atoms with Crippen LogP contribution < -0.4 is 4.90 Å². The zero-order valence-electron chi connectivity index (χ0n) is 34.0. The summed E-state index contributed by atoms with van der Waals surface area (Å²) in [6.07, 6.45) is 0. The van der Waals surface area contributed by atoms with Crippen molar-refractivity contribution < 1.29 is 0 Å². The van der Waals surface area contributed by atoms with E-state index in [0.29, 0.717) is 17.6 Å². The lowest BCUT2D eigenvalue weighted by Crippen LogP contribution is -2.28. The van der Waals surface area contributed by atoms with Gasteiger partial charge in [-0.25, -0.2) is 4.98 Å². The monoisotopic (exact) mass is 820 g/mol. The van der Waals surface area contributed by atoms with Gasteiger partial charge in [-0.1, -0.05) is 194 Å². The summed E-state index contributed by atoms with van der Waals surface area (Å²) < 4.78 is 0. The van der Waals surface area contributed by atoms with Crippen LogP contribution in [-0.4, -0.2) is 15.0 Å². The molecule has 0 amide bonds. The summed E-state index contributed by atoms with van der Waals surface area (Å²) in [5.41, 5.74) is 10.7. The molecule has 0 N–H and O–H groups in total. The lowest BCUT2D eigenvalue weighted by atomic mass is 9.67. The van der Waals surface area contributed by atoms with Crippen LogP contribution in [0.1, 0.15) is 22.3 Å². The van der Waals surface area contributed by atoms with Crippen LogP contribution in [0.3, 0.4) is 0 Å². The molecule has 13 rings (SSSR count). The Morgan fingerprint density at radius 3 is 1.43 bits per heavy atom. The first-order valence-corrected chi connectivity index (χ1v) is 22.2. The topological polar surface area (TPSA) is 41.9 Å². The summed E-state index contributed by atoms with van der Waals surface area (Å²) in [4.78, 5) is 20.8. The molecule has 4 nitrogen and oxygen atoms in total. The first kappa shape index (κ1) is 35.9. The van der Waals surface area contributed by atoms with Gasteiger partial charge in [-0.2, -0.15) is 9.97 Å². The molecule has 1 aliphatic heterocycles. The van der Waals surface area contributed by atoms with Crippen molar-refractivity contribution in [1.29, 1.82) is 0 Å². The van der Waals surface area contributed by atoms with Gasteiger partial charge < -0.3 is 0 Å². The number of hydrogen-bond acceptors (Lipinski definition) is 5. The third-order valence-corrected chi connectivity index (χ3v) is 14.1. The quantitative estimate of drug-likeness (QED) is 0.162.